The van der Waals surface area contributed by atoms with Crippen LogP contribution in [0.5, 0.6) is 0 Å². The first-order chi connectivity index (χ1) is 13.1. The molecule has 1 aromatic rings. The van der Waals surface area contributed by atoms with Crippen LogP contribution in [0.3, 0.4) is 0 Å². The highest BCUT2D eigenvalue weighted by molar-refractivity contribution is 5.94. The van der Waals surface area contributed by atoms with Gasteiger partial charge in [0.2, 0.25) is 5.91 Å². The minimum atomic E-state index is -0.750. The monoisotopic (exact) mass is 377 g/mol. The number of rotatable bonds is 4. The van der Waals surface area contributed by atoms with Crippen LogP contribution in [0.25, 0.3) is 0 Å². The van der Waals surface area contributed by atoms with E-state index in [2.05, 4.69) is 10.3 Å². The van der Waals surface area contributed by atoms with Crippen molar-refractivity contribution in [2.24, 2.45) is 0 Å². The summed E-state index contributed by atoms with van der Waals surface area (Å²) in [6.07, 6.45) is 3.54. The molecule has 4 atom stereocenters. The van der Waals surface area contributed by atoms with Gasteiger partial charge in [0, 0.05) is 25.5 Å². The molecule has 2 fully saturated rings. The number of hydrogen-bond acceptors (Lipinski definition) is 6. The van der Waals surface area contributed by atoms with Crippen LogP contribution in [-0.2, 0) is 14.3 Å². The molecule has 0 aliphatic carbocycles. The molecule has 2 aliphatic heterocycles. The number of amides is 2. The lowest BCUT2D eigenvalue weighted by Crippen LogP contribution is -2.57. The number of ether oxygens (including phenoxy) is 2. The van der Waals surface area contributed by atoms with Crippen LogP contribution in [0.2, 0.25) is 0 Å². The van der Waals surface area contributed by atoms with Crippen molar-refractivity contribution in [3.8, 4) is 0 Å². The van der Waals surface area contributed by atoms with Crippen molar-refractivity contribution < 1.29 is 24.2 Å². The van der Waals surface area contributed by atoms with Crippen molar-refractivity contribution in [2.75, 3.05) is 26.3 Å². The van der Waals surface area contributed by atoms with Crippen molar-refractivity contribution in [1.82, 2.24) is 15.2 Å². The van der Waals surface area contributed by atoms with Crippen LogP contribution in [0.1, 0.15) is 36.5 Å². The number of hydrogen-bond donors (Lipinski definition) is 2. The second-order valence-electron chi connectivity index (χ2n) is 6.99. The van der Waals surface area contributed by atoms with Crippen LogP contribution in [0.4, 0.5) is 0 Å². The van der Waals surface area contributed by atoms with Gasteiger partial charge in [-0.25, -0.2) is 0 Å². The molecule has 0 unspecified atom stereocenters. The van der Waals surface area contributed by atoms with E-state index in [0.29, 0.717) is 31.4 Å². The second-order valence-corrected chi connectivity index (χ2v) is 6.99. The maximum atomic E-state index is 13.0. The Kier molecular flexibility index (Phi) is 6.76. The van der Waals surface area contributed by atoms with E-state index in [1.807, 2.05) is 6.92 Å². The van der Waals surface area contributed by atoms with Crippen molar-refractivity contribution in [3.05, 3.63) is 30.1 Å². The molecule has 1 aromatic heterocycles. The predicted molar refractivity (Wildman–Crippen MR) is 97.1 cm³/mol. The summed E-state index contributed by atoms with van der Waals surface area (Å²) >= 11 is 0. The van der Waals surface area contributed by atoms with E-state index < -0.39 is 6.10 Å². The summed E-state index contributed by atoms with van der Waals surface area (Å²) in [5.74, 6) is -0.212. The molecule has 0 aromatic carbocycles. The molecule has 0 radical (unpaired) electrons. The zero-order valence-corrected chi connectivity index (χ0v) is 15.5. The van der Waals surface area contributed by atoms with Crippen LogP contribution in [-0.4, -0.2) is 77.5 Å². The quantitative estimate of drug-likeness (QED) is 0.786. The molecule has 27 heavy (non-hydrogen) atoms. The fourth-order valence-electron chi connectivity index (χ4n) is 3.71. The summed E-state index contributed by atoms with van der Waals surface area (Å²) in [6.45, 7) is 3.08. The third-order valence-corrected chi connectivity index (χ3v) is 4.94. The number of fused-ring (bicyclic) bond motifs is 1. The van der Waals surface area contributed by atoms with Gasteiger partial charge in [0.15, 0.2) is 0 Å². The highest BCUT2D eigenvalue weighted by Crippen LogP contribution is 2.28. The number of aromatic nitrogens is 1. The molecule has 2 aliphatic rings. The second kappa shape index (κ2) is 9.25. The summed E-state index contributed by atoms with van der Waals surface area (Å²) in [5, 5.41) is 13.0. The molecule has 0 bridgehead atoms. The third-order valence-electron chi connectivity index (χ3n) is 4.94. The Bertz CT molecular complexity index is 641. The lowest BCUT2D eigenvalue weighted by Gasteiger charge is -2.44. The number of carbonyl (C=O) groups is 2. The van der Waals surface area contributed by atoms with Gasteiger partial charge in [-0.15, -0.1) is 0 Å². The van der Waals surface area contributed by atoms with E-state index in [1.165, 1.54) is 6.20 Å². The van der Waals surface area contributed by atoms with Gasteiger partial charge in [-0.1, -0.05) is 0 Å². The molecule has 3 heterocycles. The van der Waals surface area contributed by atoms with Crippen molar-refractivity contribution >= 4 is 11.8 Å². The minimum Gasteiger partial charge on any atom is -0.389 e. The molecule has 148 valence electrons. The average molecular weight is 377 g/mol. The number of aliphatic hydroxyl groups excluding tert-OH is 1. The van der Waals surface area contributed by atoms with E-state index in [0.717, 1.165) is 0 Å². The van der Waals surface area contributed by atoms with Crippen molar-refractivity contribution in [3.63, 3.8) is 0 Å². The Morgan fingerprint density at radius 1 is 1.37 bits per heavy atom. The van der Waals surface area contributed by atoms with Gasteiger partial charge in [0.05, 0.1) is 43.4 Å². The first-order valence-corrected chi connectivity index (χ1v) is 9.47. The Morgan fingerprint density at radius 2 is 2.22 bits per heavy atom. The molecule has 0 saturated carbocycles. The first kappa shape index (κ1) is 19.7. The summed E-state index contributed by atoms with van der Waals surface area (Å²) in [7, 11) is 0. The lowest BCUT2D eigenvalue weighted by atomic mass is 9.94. The van der Waals surface area contributed by atoms with Crippen molar-refractivity contribution in [2.45, 2.75) is 50.5 Å². The summed E-state index contributed by atoms with van der Waals surface area (Å²) in [4.78, 5) is 30.6. The number of nitrogens with zero attached hydrogens (tertiary/aromatic N) is 2. The molecule has 2 amide bonds. The number of carbonyl (C=O) groups excluding carboxylic acids is 2. The smallest absolute Gasteiger partial charge is 0.255 e. The molecule has 8 heteroatoms. The van der Waals surface area contributed by atoms with Gasteiger partial charge in [-0.2, -0.15) is 0 Å². The number of nitrogens with one attached hydrogen (secondary N) is 1. The zero-order valence-electron chi connectivity index (χ0n) is 15.5. The highest BCUT2D eigenvalue weighted by atomic mass is 16.5. The largest absolute Gasteiger partial charge is 0.389 e. The SMILES string of the molecule is CCNC(=O)C[C@@H]1CC[C@H]2[C@@H](COC[C@H](O)CN2C(=O)c2cccnc2)O1. The number of β-amino-alcohol motifs (C(OH)–C–C–N with tert-alkyl or cyclic N) is 1. The van der Waals surface area contributed by atoms with E-state index >= 15 is 0 Å². The lowest BCUT2D eigenvalue weighted by molar-refractivity contribution is -0.150. The van der Waals surface area contributed by atoms with Crippen LogP contribution < -0.4 is 5.32 Å². The van der Waals surface area contributed by atoms with E-state index in [-0.39, 0.29) is 49.8 Å². The summed E-state index contributed by atoms with van der Waals surface area (Å²) in [5.41, 5.74) is 0.481. The molecule has 0 spiro atoms. The summed E-state index contributed by atoms with van der Waals surface area (Å²) in [6, 6.07) is 3.22. The Morgan fingerprint density at radius 3 is 2.96 bits per heavy atom. The number of aliphatic hydroxyl groups is 1. The molecule has 2 saturated heterocycles. The fourth-order valence-corrected chi connectivity index (χ4v) is 3.71. The Balaban J connectivity index is 1.74. The van der Waals surface area contributed by atoms with E-state index in [4.69, 9.17) is 9.47 Å². The van der Waals surface area contributed by atoms with Crippen LogP contribution in [0, 0.1) is 0 Å². The minimum absolute atomic E-state index is 0.0357. The van der Waals surface area contributed by atoms with Gasteiger partial charge in [0.25, 0.3) is 5.91 Å². The summed E-state index contributed by atoms with van der Waals surface area (Å²) < 4.78 is 11.7. The normalized spacial score (nSPS) is 28.6. The topological polar surface area (TPSA) is 101 Å². The van der Waals surface area contributed by atoms with Gasteiger partial charge >= 0.3 is 0 Å². The van der Waals surface area contributed by atoms with E-state index in [9.17, 15) is 14.7 Å². The predicted octanol–water partition coefficient (Wildman–Crippen LogP) is 0.357. The van der Waals surface area contributed by atoms with Crippen LogP contribution >= 0.6 is 0 Å². The molecule has 2 N–H and O–H groups in total. The van der Waals surface area contributed by atoms with Crippen LogP contribution in [0.15, 0.2) is 24.5 Å². The van der Waals surface area contributed by atoms with Gasteiger partial charge in [0.1, 0.15) is 6.10 Å². The van der Waals surface area contributed by atoms with Gasteiger partial charge < -0.3 is 24.8 Å². The molecular weight excluding hydrogens is 350 g/mol. The zero-order chi connectivity index (χ0) is 19.2. The molecule has 8 nitrogen and oxygen atoms in total. The third kappa shape index (κ3) is 5.03. The highest BCUT2D eigenvalue weighted by Gasteiger charge is 2.40. The number of pyridine rings is 1. The van der Waals surface area contributed by atoms with Gasteiger partial charge in [-0.05, 0) is 31.9 Å². The standard InChI is InChI=1S/C19H27N3O5/c1-2-21-18(24)8-15-5-6-16-17(27-15)12-26-11-14(23)10-22(16)19(25)13-4-3-7-20-9-13/h3-4,7,9,14-17,23H,2,5-6,8,10-12H2,1H3,(H,21,24)/t14-,15+,16+,17-/m1/s1. The first-order valence-electron chi connectivity index (χ1n) is 9.47. The molecular formula is C19H27N3O5. The van der Waals surface area contributed by atoms with E-state index in [1.54, 1.807) is 23.2 Å². The van der Waals surface area contributed by atoms with Crippen molar-refractivity contribution in [1.29, 1.82) is 0 Å². The fraction of sp³-hybridized carbons (Fsp3) is 0.632. The average Bonchev–Trinajstić information content (AvgIpc) is 2.65. The molecule has 3 rings (SSSR count). The Labute approximate surface area is 158 Å². The van der Waals surface area contributed by atoms with Gasteiger partial charge in [-0.3, -0.25) is 14.6 Å². The Hall–Kier alpha value is -2.03. The maximum Gasteiger partial charge on any atom is 0.255 e. The maximum absolute atomic E-state index is 13.0.